The molecular formula is C18H16ClN3O2S. The highest BCUT2D eigenvalue weighted by molar-refractivity contribution is 7.15. The van der Waals surface area contributed by atoms with E-state index in [-0.39, 0.29) is 11.5 Å². The van der Waals surface area contributed by atoms with Gasteiger partial charge >= 0.3 is 0 Å². The largest absolute Gasteiger partial charge is 0.310 e. The van der Waals surface area contributed by atoms with Crippen LogP contribution in [0.1, 0.15) is 26.5 Å². The van der Waals surface area contributed by atoms with Gasteiger partial charge in [0.05, 0.1) is 17.8 Å². The summed E-state index contributed by atoms with van der Waals surface area (Å²) in [4.78, 5) is 29.8. The lowest BCUT2D eigenvalue weighted by molar-refractivity contribution is 0.102. The zero-order valence-corrected chi connectivity index (χ0v) is 15.3. The highest BCUT2D eigenvalue weighted by atomic mass is 35.5. The highest BCUT2D eigenvalue weighted by Crippen LogP contribution is 2.21. The van der Waals surface area contributed by atoms with Gasteiger partial charge in [0.1, 0.15) is 0 Å². The van der Waals surface area contributed by atoms with E-state index in [1.165, 1.54) is 28.0 Å². The van der Waals surface area contributed by atoms with E-state index in [2.05, 4.69) is 10.3 Å². The van der Waals surface area contributed by atoms with Gasteiger partial charge in [-0.1, -0.05) is 23.7 Å². The van der Waals surface area contributed by atoms with E-state index in [1.807, 2.05) is 26.0 Å². The summed E-state index contributed by atoms with van der Waals surface area (Å²) in [7, 11) is 0. The summed E-state index contributed by atoms with van der Waals surface area (Å²) in [5, 5.41) is 3.96. The van der Waals surface area contributed by atoms with Crippen molar-refractivity contribution in [3.63, 3.8) is 0 Å². The molecule has 0 spiro atoms. The third kappa shape index (κ3) is 4.15. The van der Waals surface area contributed by atoms with Crippen molar-refractivity contribution in [1.29, 1.82) is 0 Å². The molecule has 1 amide bonds. The maximum atomic E-state index is 12.4. The second-order valence-corrected chi connectivity index (χ2v) is 7.26. The molecule has 2 heterocycles. The van der Waals surface area contributed by atoms with E-state index in [0.717, 1.165) is 16.1 Å². The number of aryl methyl sites for hydroxylation is 2. The van der Waals surface area contributed by atoms with Crippen molar-refractivity contribution in [2.75, 3.05) is 5.32 Å². The Hall–Kier alpha value is -2.44. The van der Waals surface area contributed by atoms with Crippen molar-refractivity contribution in [3.8, 4) is 0 Å². The minimum atomic E-state index is -0.293. The monoisotopic (exact) mass is 373 g/mol. The molecule has 0 radical (unpaired) electrons. The standard InChI is InChI=1S/C18H16ClN3O2S/c1-11-12(2)25-18(20-11)21-17(24)14-5-8-16(23)22(10-14)9-13-3-6-15(19)7-4-13/h3-8,10H,9H2,1-2H3,(H,20,21,24). The first-order valence-electron chi connectivity index (χ1n) is 7.63. The van der Waals surface area contributed by atoms with Crippen molar-refractivity contribution in [1.82, 2.24) is 9.55 Å². The van der Waals surface area contributed by atoms with Gasteiger partial charge in [-0.3, -0.25) is 14.9 Å². The van der Waals surface area contributed by atoms with Crippen LogP contribution in [0.2, 0.25) is 5.02 Å². The Bertz CT molecular complexity index is 957. The summed E-state index contributed by atoms with van der Waals surface area (Å²) < 4.78 is 1.50. The Morgan fingerprint density at radius 3 is 2.56 bits per heavy atom. The molecular weight excluding hydrogens is 358 g/mol. The molecule has 0 atom stereocenters. The number of halogens is 1. The first-order chi connectivity index (χ1) is 11.9. The molecule has 3 rings (SSSR count). The minimum absolute atomic E-state index is 0.174. The van der Waals surface area contributed by atoms with Crippen LogP contribution in [0.3, 0.4) is 0 Å². The van der Waals surface area contributed by atoms with Crippen LogP contribution < -0.4 is 10.9 Å². The average Bonchev–Trinajstić information content (AvgIpc) is 2.89. The van der Waals surface area contributed by atoms with E-state index in [4.69, 9.17) is 11.6 Å². The Labute approximate surface area is 153 Å². The topological polar surface area (TPSA) is 64.0 Å². The van der Waals surface area contributed by atoms with Gasteiger partial charge in [0.25, 0.3) is 11.5 Å². The first kappa shape index (κ1) is 17.4. The number of aromatic nitrogens is 2. The molecule has 0 bridgehead atoms. The zero-order chi connectivity index (χ0) is 18.0. The van der Waals surface area contributed by atoms with Crippen LogP contribution in [0.15, 0.2) is 47.4 Å². The van der Waals surface area contributed by atoms with Crippen molar-refractivity contribution in [3.05, 3.63) is 79.7 Å². The quantitative estimate of drug-likeness (QED) is 0.754. The number of benzene rings is 1. The molecule has 0 aliphatic carbocycles. The third-order valence-electron chi connectivity index (χ3n) is 3.76. The van der Waals surface area contributed by atoms with Crippen molar-refractivity contribution in [2.45, 2.75) is 20.4 Å². The average molecular weight is 374 g/mol. The number of thiazole rings is 1. The molecule has 128 valence electrons. The zero-order valence-electron chi connectivity index (χ0n) is 13.7. The lowest BCUT2D eigenvalue weighted by Crippen LogP contribution is -2.22. The number of hydrogen-bond donors (Lipinski definition) is 1. The Morgan fingerprint density at radius 2 is 1.92 bits per heavy atom. The fourth-order valence-corrected chi connectivity index (χ4v) is 3.21. The third-order valence-corrected chi connectivity index (χ3v) is 5.00. The van der Waals surface area contributed by atoms with E-state index < -0.39 is 0 Å². The molecule has 3 aromatic rings. The van der Waals surface area contributed by atoms with Gasteiger partial charge in [-0.15, -0.1) is 11.3 Å². The Morgan fingerprint density at radius 1 is 1.20 bits per heavy atom. The van der Waals surface area contributed by atoms with E-state index in [0.29, 0.717) is 22.3 Å². The first-order valence-corrected chi connectivity index (χ1v) is 8.82. The summed E-state index contributed by atoms with van der Waals surface area (Å²) in [6.07, 6.45) is 1.56. The summed E-state index contributed by atoms with van der Waals surface area (Å²) in [5.74, 6) is -0.293. The predicted molar refractivity (Wildman–Crippen MR) is 101 cm³/mol. The predicted octanol–water partition coefficient (Wildman–Crippen LogP) is 3.88. The van der Waals surface area contributed by atoms with E-state index in [1.54, 1.807) is 18.3 Å². The molecule has 0 unspecified atom stereocenters. The molecule has 0 saturated heterocycles. The number of nitrogens with one attached hydrogen (secondary N) is 1. The Kier molecular flexibility index (Phi) is 5.01. The van der Waals surface area contributed by atoms with E-state index in [9.17, 15) is 9.59 Å². The summed E-state index contributed by atoms with van der Waals surface area (Å²) in [6, 6.07) is 10.1. The van der Waals surface area contributed by atoms with Crippen molar-refractivity contribution >= 4 is 34.0 Å². The fourth-order valence-electron chi connectivity index (χ4n) is 2.27. The minimum Gasteiger partial charge on any atom is -0.310 e. The lowest BCUT2D eigenvalue weighted by Gasteiger charge is -2.08. The molecule has 0 aliphatic heterocycles. The normalized spacial score (nSPS) is 10.7. The highest BCUT2D eigenvalue weighted by Gasteiger charge is 2.11. The van der Waals surface area contributed by atoms with Crippen LogP contribution in [0.4, 0.5) is 5.13 Å². The second kappa shape index (κ2) is 7.21. The summed E-state index contributed by atoms with van der Waals surface area (Å²) >= 11 is 7.30. The number of amides is 1. The van der Waals surface area contributed by atoms with E-state index >= 15 is 0 Å². The van der Waals surface area contributed by atoms with Crippen molar-refractivity contribution < 1.29 is 4.79 Å². The van der Waals surface area contributed by atoms with Crippen LogP contribution >= 0.6 is 22.9 Å². The van der Waals surface area contributed by atoms with Gasteiger partial charge < -0.3 is 4.57 Å². The molecule has 0 saturated carbocycles. The number of nitrogens with zero attached hydrogens (tertiary/aromatic N) is 2. The summed E-state index contributed by atoms with van der Waals surface area (Å²) in [5.41, 5.74) is 2.05. The smallest absolute Gasteiger partial charge is 0.258 e. The molecule has 1 N–H and O–H groups in total. The van der Waals surface area contributed by atoms with Gasteiger partial charge in [-0.2, -0.15) is 0 Å². The number of hydrogen-bond acceptors (Lipinski definition) is 4. The van der Waals surface area contributed by atoms with Crippen LogP contribution in [-0.2, 0) is 6.54 Å². The molecule has 25 heavy (non-hydrogen) atoms. The molecule has 0 aliphatic rings. The molecule has 5 nitrogen and oxygen atoms in total. The SMILES string of the molecule is Cc1nc(NC(=O)c2ccc(=O)n(Cc3ccc(Cl)cc3)c2)sc1C. The van der Waals surface area contributed by atoms with Gasteiger partial charge in [0, 0.05) is 22.2 Å². The Balaban J connectivity index is 1.81. The molecule has 7 heteroatoms. The van der Waals surface area contributed by atoms with Gasteiger partial charge in [0.2, 0.25) is 0 Å². The number of carbonyl (C=O) groups is 1. The van der Waals surface area contributed by atoms with Crippen LogP contribution in [0.5, 0.6) is 0 Å². The molecule has 0 fully saturated rings. The second-order valence-electron chi connectivity index (χ2n) is 5.63. The fraction of sp³-hybridized carbons (Fsp3) is 0.167. The summed E-state index contributed by atoms with van der Waals surface area (Å²) in [6.45, 7) is 4.22. The molecule has 1 aromatic carbocycles. The van der Waals surface area contributed by atoms with Gasteiger partial charge in [-0.25, -0.2) is 4.98 Å². The number of anilines is 1. The maximum absolute atomic E-state index is 12.4. The molecule has 2 aromatic heterocycles. The van der Waals surface area contributed by atoms with Crippen LogP contribution in [0.25, 0.3) is 0 Å². The van der Waals surface area contributed by atoms with Crippen LogP contribution in [0, 0.1) is 13.8 Å². The number of pyridine rings is 1. The van der Waals surface area contributed by atoms with Crippen LogP contribution in [-0.4, -0.2) is 15.5 Å². The van der Waals surface area contributed by atoms with Gasteiger partial charge in [0.15, 0.2) is 5.13 Å². The maximum Gasteiger partial charge on any atom is 0.258 e. The van der Waals surface area contributed by atoms with Gasteiger partial charge in [-0.05, 0) is 37.6 Å². The number of rotatable bonds is 4. The lowest BCUT2D eigenvalue weighted by atomic mass is 10.2. The van der Waals surface area contributed by atoms with Crippen molar-refractivity contribution in [2.24, 2.45) is 0 Å². The number of carbonyl (C=O) groups excluding carboxylic acids is 1.